The van der Waals surface area contributed by atoms with Crippen molar-refractivity contribution in [1.82, 2.24) is 14.8 Å². The summed E-state index contributed by atoms with van der Waals surface area (Å²) in [5.74, 6) is 4.91. The van der Waals surface area contributed by atoms with Crippen molar-refractivity contribution in [3.05, 3.63) is 24.0 Å². The van der Waals surface area contributed by atoms with Crippen LogP contribution in [0.2, 0.25) is 0 Å². The first kappa shape index (κ1) is 17.6. The Labute approximate surface area is 141 Å². The van der Waals surface area contributed by atoms with Gasteiger partial charge in [-0.05, 0) is 19.4 Å². The second-order valence-corrected chi connectivity index (χ2v) is 5.81. The summed E-state index contributed by atoms with van der Waals surface area (Å²) in [7, 11) is 1.58. The lowest BCUT2D eigenvalue weighted by atomic mass is 9.89. The first-order valence-electron chi connectivity index (χ1n) is 7.76. The third-order valence-corrected chi connectivity index (χ3v) is 4.18. The van der Waals surface area contributed by atoms with E-state index in [4.69, 9.17) is 10.1 Å². The predicted molar refractivity (Wildman–Crippen MR) is 89.4 cm³/mol. The highest BCUT2D eigenvalue weighted by Crippen LogP contribution is 2.24. The molecule has 128 valence electrons. The third-order valence-electron chi connectivity index (χ3n) is 4.18. The van der Waals surface area contributed by atoms with Gasteiger partial charge in [0.05, 0.1) is 17.5 Å². The van der Waals surface area contributed by atoms with E-state index in [-0.39, 0.29) is 18.5 Å². The fraction of sp³-hybridized carbons (Fsp3) is 0.471. The molecule has 1 aromatic heterocycles. The summed E-state index contributed by atoms with van der Waals surface area (Å²) < 4.78 is 6.87. The van der Waals surface area contributed by atoms with E-state index in [0.717, 1.165) is 0 Å². The molecule has 7 heteroatoms. The fourth-order valence-electron chi connectivity index (χ4n) is 2.60. The van der Waals surface area contributed by atoms with Crippen LogP contribution in [-0.2, 0) is 16.1 Å². The molecule has 1 aliphatic rings. The lowest BCUT2D eigenvalue weighted by Gasteiger charge is -2.41. The summed E-state index contributed by atoms with van der Waals surface area (Å²) in [5.41, 5.74) is -0.0948. The predicted octanol–water partition coefficient (Wildman–Crippen LogP) is 1.20. The van der Waals surface area contributed by atoms with Crippen molar-refractivity contribution in [3.8, 4) is 11.8 Å². The molecule has 1 aromatic rings. The number of ether oxygens (including phenoxy) is 1. The number of carbonyl (C=O) groups is 2. The van der Waals surface area contributed by atoms with Crippen molar-refractivity contribution >= 4 is 17.8 Å². The van der Waals surface area contributed by atoms with Crippen LogP contribution in [0.5, 0.6) is 0 Å². The molecule has 1 amide bonds. The Balaban J connectivity index is 2.09. The smallest absolute Gasteiger partial charge is 0.340 e. The van der Waals surface area contributed by atoms with E-state index >= 15 is 0 Å². The van der Waals surface area contributed by atoms with Crippen LogP contribution in [0.3, 0.4) is 0 Å². The van der Waals surface area contributed by atoms with E-state index in [1.165, 1.54) is 4.90 Å². The Hall–Kier alpha value is -2.75. The van der Waals surface area contributed by atoms with Crippen molar-refractivity contribution in [1.29, 1.82) is 5.41 Å². The van der Waals surface area contributed by atoms with Gasteiger partial charge in [0.25, 0.3) is 0 Å². The molecule has 0 aromatic carbocycles. The molecule has 2 N–H and O–H groups in total. The zero-order chi connectivity index (χ0) is 17.7. The number of nitrogens with zero attached hydrogens (tertiary/aromatic N) is 2. The molecule has 2 heterocycles. The maximum absolute atomic E-state index is 12.1. The monoisotopic (exact) mass is 330 g/mol. The topological polar surface area (TPSA) is 87.4 Å². The van der Waals surface area contributed by atoms with E-state index in [1.807, 2.05) is 11.5 Å². The van der Waals surface area contributed by atoms with E-state index in [1.54, 1.807) is 32.4 Å². The normalized spacial score (nSPS) is 20.2. The number of nitrogens with one attached hydrogen (secondary N) is 2. The molecule has 2 rings (SSSR count). The molecule has 1 atom stereocenters. The van der Waals surface area contributed by atoms with Crippen molar-refractivity contribution < 1.29 is 14.3 Å². The van der Waals surface area contributed by atoms with Crippen LogP contribution in [0.15, 0.2) is 18.5 Å². The lowest BCUT2D eigenvalue weighted by Crippen LogP contribution is -2.62. The van der Waals surface area contributed by atoms with Crippen molar-refractivity contribution in [2.24, 2.45) is 0 Å². The summed E-state index contributed by atoms with van der Waals surface area (Å²) in [4.78, 5) is 25.3. The van der Waals surface area contributed by atoms with Gasteiger partial charge in [0.15, 0.2) is 12.6 Å². The largest absolute Gasteiger partial charge is 0.449 e. The van der Waals surface area contributed by atoms with Gasteiger partial charge in [-0.25, -0.2) is 4.79 Å². The highest BCUT2D eigenvalue weighted by molar-refractivity contribution is 5.98. The van der Waals surface area contributed by atoms with Crippen molar-refractivity contribution in [2.75, 3.05) is 13.7 Å². The molecule has 7 nitrogen and oxygen atoms in total. The quantitative estimate of drug-likeness (QED) is 0.627. The van der Waals surface area contributed by atoms with Gasteiger partial charge in [-0.3, -0.25) is 15.1 Å². The van der Waals surface area contributed by atoms with Gasteiger partial charge < -0.3 is 14.6 Å². The van der Waals surface area contributed by atoms with Gasteiger partial charge in [-0.1, -0.05) is 12.8 Å². The van der Waals surface area contributed by atoms with Crippen LogP contribution in [0, 0.1) is 17.3 Å². The van der Waals surface area contributed by atoms with Gasteiger partial charge in [-0.2, -0.15) is 0 Å². The van der Waals surface area contributed by atoms with Crippen LogP contribution in [0.4, 0.5) is 0 Å². The minimum Gasteiger partial charge on any atom is -0.449 e. The first-order chi connectivity index (χ1) is 11.4. The van der Waals surface area contributed by atoms with Gasteiger partial charge in [0, 0.05) is 26.0 Å². The van der Waals surface area contributed by atoms with Gasteiger partial charge in [-0.15, -0.1) is 5.92 Å². The first-order valence-corrected chi connectivity index (χ1v) is 7.76. The van der Waals surface area contributed by atoms with Crippen molar-refractivity contribution in [3.63, 3.8) is 0 Å². The average molecular weight is 330 g/mol. The number of esters is 1. The number of hydrogen-bond donors (Lipinski definition) is 2. The molecule has 1 fully saturated rings. The zero-order valence-corrected chi connectivity index (χ0v) is 14.2. The van der Waals surface area contributed by atoms with Crippen LogP contribution < -0.4 is 5.32 Å². The fourth-order valence-corrected chi connectivity index (χ4v) is 2.60. The van der Waals surface area contributed by atoms with Crippen LogP contribution in [0.25, 0.3) is 0 Å². The molecule has 0 saturated carbocycles. The molecular weight excluding hydrogens is 308 g/mol. The van der Waals surface area contributed by atoms with Crippen LogP contribution >= 0.6 is 0 Å². The minimum absolute atomic E-state index is 0.0684. The van der Waals surface area contributed by atoms with Gasteiger partial charge >= 0.3 is 5.97 Å². The number of aromatic nitrogens is 1. The number of guanidine groups is 1. The highest BCUT2D eigenvalue weighted by Gasteiger charge is 2.39. The number of rotatable bonds is 5. The van der Waals surface area contributed by atoms with Gasteiger partial charge in [0.1, 0.15) is 0 Å². The Morgan fingerprint density at radius 1 is 1.54 bits per heavy atom. The maximum Gasteiger partial charge on any atom is 0.340 e. The number of carbonyl (C=O) groups excluding carboxylic acids is 2. The summed E-state index contributed by atoms with van der Waals surface area (Å²) in [6.07, 6.45) is 4.44. The number of amides is 1. The second-order valence-electron chi connectivity index (χ2n) is 5.81. The van der Waals surface area contributed by atoms with Crippen LogP contribution in [0.1, 0.15) is 37.0 Å². The second kappa shape index (κ2) is 7.21. The summed E-state index contributed by atoms with van der Waals surface area (Å²) >= 11 is 0. The molecule has 0 aliphatic carbocycles. The Bertz CT molecular complexity index is 693. The Morgan fingerprint density at radius 3 is 2.92 bits per heavy atom. The van der Waals surface area contributed by atoms with E-state index in [2.05, 4.69) is 17.2 Å². The van der Waals surface area contributed by atoms with Gasteiger partial charge in [0.2, 0.25) is 5.91 Å². The molecule has 1 unspecified atom stereocenters. The maximum atomic E-state index is 12.1. The lowest BCUT2D eigenvalue weighted by molar-refractivity contribution is -0.129. The summed E-state index contributed by atoms with van der Waals surface area (Å²) in [5, 5.41) is 11.0. The summed E-state index contributed by atoms with van der Waals surface area (Å²) in [6.45, 7) is 4.20. The zero-order valence-electron chi connectivity index (χ0n) is 14.2. The number of hydrogen-bond acceptors (Lipinski definition) is 4. The third kappa shape index (κ3) is 3.77. The minimum atomic E-state index is -0.533. The average Bonchev–Trinajstić information content (AvgIpc) is 3.01. The molecule has 0 spiro atoms. The standard InChI is InChI=1S/C17H22N4O3/c1-4-6-9-24-15(23)13-7-8-21(11-13)12-17(5-2)10-14(22)20(3)16(18)19-17/h7-8,11H,5,9-10,12H2,1-3H3,(H2,18,19). The molecule has 0 bridgehead atoms. The SMILES string of the molecule is CC#CCOC(=O)c1ccn(CC2(CC)CC(=O)N(C)C(=N)N2)c1. The van der Waals surface area contributed by atoms with Crippen molar-refractivity contribution in [2.45, 2.75) is 38.8 Å². The van der Waals surface area contributed by atoms with E-state index in [0.29, 0.717) is 24.9 Å². The molecule has 0 radical (unpaired) electrons. The molecule has 1 aliphatic heterocycles. The molecule has 24 heavy (non-hydrogen) atoms. The summed E-state index contributed by atoms with van der Waals surface area (Å²) in [6, 6.07) is 1.67. The Morgan fingerprint density at radius 2 is 2.29 bits per heavy atom. The van der Waals surface area contributed by atoms with Crippen LogP contribution in [-0.4, -0.2) is 46.5 Å². The molecule has 1 saturated heterocycles. The van der Waals surface area contributed by atoms with E-state index < -0.39 is 11.5 Å². The Kier molecular flexibility index (Phi) is 5.29. The highest BCUT2D eigenvalue weighted by atomic mass is 16.5. The van der Waals surface area contributed by atoms with E-state index in [9.17, 15) is 9.59 Å². The molecular formula is C17H22N4O3.